The maximum atomic E-state index is 2.34. The Morgan fingerprint density at radius 2 is 1.20 bits per heavy atom. The fraction of sp³-hybridized carbons (Fsp3) is 0.120. The minimum atomic E-state index is 1.14. The Morgan fingerprint density at radius 1 is 0.520 bits per heavy atom. The summed E-state index contributed by atoms with van der Waals surface area (Å²) in [6.45, 7) is 2.25. The van der Waals surface area contributed by atoms with Crippen molar-refractivity contribution in [3.63, 3.8) is 0 Å². The monoisotopic (exact) mass is 320 g/mol. The molecule has 5 aromatic rings. The Bertz CT molecular complexity index is 1240. The van der Waals surface area contributed by atoms with Crippen LogP contribution in [0.5, 0.6) is 0 Å². The Balaban J connectivity index is 1.91. The molecule has 5 aromatic carbocycles. The van der Waals surface area contributed by atoms with Crippen LogP contribution < -0.4 is 0 Å². The van der Waals surface area contributed by atoms with Gasteiger partial charge in [-0.3, -0.25) is 0 Å². The van der Waals surface area contributed by atoms with Crippen molar-refractivity contribution in [1.82, 2.24) is 0 Å². The first-order valence-corrected chi connectivity index (χ1v) is 9.11. The van der Waals surface area contributed by atoms with Gasteiger partial charge in [0, 0.05) is 0 Å². The van der Waals surface area contributed by atoms with Gasteiger partial charge in [0.05, 0.1) is 0 Å². The van der Waals surface area contributed by atoms with Gasteiger partial charge in [-0.05, 0) is 67.2 Å². The van der Waals surface area contributed by atoms with Crippen LogP contribution >= 0.6 is 0 Å². The van der Waals surface area contributed by atoms with Crippen LogP contribution in [-0.4, -0.2) is 0 Å². The van der Waals surface area contributed by atoms with Gasteiger partial charge in [-0.1, -0.05) is 80.1 Å². The van der Waals surface area contributed by atoms with E-state index < -0.39 is 0 Å². The molecule has 25 heavy (non-hydrogen) atoms. The van der Waals surface area contributed by atoms with Gasteiger partial charge in [0.1, 0.15) is 0 Å². The number of hydrogen-bond acceptors (Lipinski definition) is 0. The number of benzene rings is 5. The summed E-state index contributed by atoms with van der Waals surface area (Å²) in [4.78, 5) is 0. The molecule has 0 amide bonds. The molecule has 0 fully saturated rings. The predicted molar refractivity (Wildman–Crippen MR) is 110 cm³/mol. The summed E-state index contributed by atoms with van der Waals surface area (Å²) in [6, 6.07) is 29.2. The zero-order valence-electron chi connectivity index (χ0n) is 14.4. The smallest absolute Gasteiger partial charge is 0.00987 e. The van der Waals surface area contributed by atoms with E-state index in [9.17, 15) is 0 Å². The van der Waals surface area contributed by atoms with Gasteiger partial charge in [0.15, 0.2) is 0 Å². The fourth-order valence-corrected chi connectivity index (χ4v) is 4.15. The lowest BCUT2D eigenvalue weighted by molar-refractivity contribution is 0.930. The zero-order chi connectivity index (χ0) is 16.8. The van der Waals surface area contributed by atoms with Crippen molar-refractivity contribution in [2.75, 3.05) is 0 Å². The largest absolute Gasteiger partial charge is 0.0651 e. The third-order valence-electron chi connectivity index (χ3n) is 5.35. The summed E-state index contributed by atoms with van der Waals surface area (Å²) in [5, 5.41) is 10.8. The molecule has 0 atom stereocenters. The van der Waals surface area contributed by atoms with Crippen LogP contribution in [-0.2, 0) is 6.42 Å². The standard InChI is InChI=1S/C25H20/c1-2-6-17-9-5-10-22-21(17)13-14-24-23(22)12-11-20-15-18-7-3-4-8-19(18)16-25(20)24/h3-5,7-16H,2,6H2,1H3. The van der Waals surface area contributed by atoms with Crippen LogP contribution in [0.1, 0.15) is 18.9 Å². The molecule has 0 N–H and O–H groups in total. The zero-order valence-corrected chi connectivity index (χ0v) is 14.4. The molecule has 0 heterocycles. The Hall–Kier alpha value is -2.86. The molecule has 5 rings (SSSR count). The average molecular weight is 320 g/mol. The number of fused-ring (bicyclic) bond motifs is 6. The highest BCUT2D eigenvalue weighted by molar-refractivity contribution is 6.19. The molecule has 0 aliphatic heterocycles. The van der Waals surface area contributed by atoms with Gasteiger partial charge in [0.25, 0.3) is 0 Å². The Labute approximate surface area is 147 Å². The summed E-state index contributed by atoms with van der Waals surface area (Å²) in [6.07, 6.45) is 2.32. The molecule has 0 spiro atoms. The molecule has 0 bridgehead atoms. The highest BCUT2D eigenvalue weighted by Gasteiger charge is 2.08. The molecule has 0 aliphatic carbocycles. The van der Waals surface area contributed by atoms with E-state index in [1.54, 1.807) is 0 Å². The van der Waals surface area contributed by atoms with Crippen molar-refractivity contribution >= 4 is 43.1 Å². The van der Waals surface area contributed by atoms with Crippen LogP contribution in [0.15, 0.2) is 78.9 Å². The van der Waals surface area contributed by atoms with E-state index in [0.717, 1.165) is 6.42 Å². The number of hydrogen-bond donors (Lipinski definition) is 0. The lowest BCUT2D eigenvalue weighted by Crippen LogP contribution is -1.87. The van der Waals surface area contributed by atoms with Crippen LogP contribution in [0.25, 0.3) is 43.1 Å². The fourth-order valence-electron chi connectivity index (χ4n) is 4.15. The van der Waals surface area contributed by atoms with E-state index in [0.29, 0.717) is 0 Å². The molecular weight excluding hydrogens is 300 g/mol. The minimum absolute atomic E-state index is 1.14. The van der Waals surface area contributed by atoms with Crippen molar-refractivity contribution in [3.8, 4) is 0 Å². The molecule has 0 aliphatic rings. The second kappa shape index (κ2) is 5.60. The van der Waals surface area contributed by atoms with Crippen molar-refractivity contribution in [2.24, 2.45) is 0 Å². The van der Waals surface area contributed by atoms with E-state index in [4.69, 9.17) is 0 Å². The van der Waals surface area contributed by atoms with Crippen LogP contribution in [0.3, 0.4) is 0 Å². The van der Waals surface area contributed by atoms with Crippen molar-refractivity contribution in [2.45, 2.75) is 19.8 Å². The summed E-state index contributed by atoms with van der Waals surface area (Å²) >= 11 is 0. The first kappa shape index (κ1) is 14.5. The SMILES string of the molecule is CCCc1cccc2c1ccc1c3cc4ccccc4cc3ccc21. The van der Waals surface area contributed by atoms with Gasteiger partial charge in [-0.25, -0.2) is 0 Å². The predicted octanol–water partition coefficient (Wildman–Crippen LogP) is 7.25. The summed E-state index contributed by atoms with van der Waals surface area (Å²) < 4.78 is 0. The van der Waals surface area contributed by atoms with E-state index in [-0.39, 0.29) is 0 Å². The molecule has 0 nitrogen and oxygen atoms in total. The van der Waals surface area contributed by atoms with E-state index >= 15 is 0 Å². The van der Waals surface area contributed by atoms with Crippen LogP contribution in [0.4, 0.5) is 0 Å². The van der Waals surface area contributed by atoms with E-state index in [1.807, 2.05) is 0 Å². The molecule has 0 heteroatoms. The van der Waals surface area contributed by atoms with Crippen LogP contribution in [0.2, 0.25) is 0 Å². The first-order valence-electron chi connectivity index (χ1n) is 9.11. The normalized spacial score (nSPS) is 11.7. The lowest BCUT2D eigenvalue weighted by Gasteiger charge is -2.11. The highest BCUT2D eigenvalue weighted by atomic mass is 14.1. The molecule has 0 radical (unpaired) electrons. The van der Waals surface area contributed by atoms with Crippen LogP contribution in [0, 0.1) is 0 Å². The Kier molecular flexibility index (Phi) is 3.24. The molecular formula is C25H20. The molecule has 0 saturated heterocycles. The minimum Gasteiger partial charge on any atom is -0.0651 e. The van der Waals surface area contributed by atoms with Gasteiger partial charge in [-0.15, -0.1) is 0 Å². The molecule has 0 unspecified atom stereocenters. The molecule has 0 aromatic heterocycles. The van der Waals surface area contributed by atoms with Crippen molar-refractivity contribution in [1.29, 1.82) is 0 Å². The summed E-state index contributed by atoms with van der Waals surface area (Å²) in [7, 11) is 0. The van der Waals surface area contributed by atoms with Crippen molar-refractivity contribution < 1.29 is 0 Å². The maximum absolute atomic E-state index is 2.34. The maximum Gasteiger partial charge on any atom is -0.00987 e. The quantitative estimate of drug-likeness (QED) is 0.237. The molecule has 0 saturated carbocycles. The second-order valence-corrected chi connectivity index (χ2v) is 6.91. The average Bonchev–Trinajstić information content (AvgIpc) is 2.66. The topological polar surface area (TPSA) is 0 Å². The number of rotatable bonds is 2. The van der Waals surface area contributed by atoms with E-state index in [1.165, 1.54) is 55.1 Å². The van der Waals surface area contributed by atoms with Gasteiger partial charge >= 0.3 is 0 Å². The van der Waals surface area contributed by atoms with Crippen molar-refractivity contribution in [3.05, 3.63) is 84.4 Å². The second-order valence-electron chi connectivity index (χ2n) is 6.91. The van der Waals surface area contributed by atoms with Gasteiger partial charge in [-0.2, -0.15) is 0 Å². The third-order valence-corrected chi connectivity index (χ3v) is 5.35. The molecule has 120 valence electrons. The number of aryl methyl sites for hydroxylation is 1. The Morgan fingerprint density at radius 3 is 2.04 bits per heavy atom. The summed E-state index contributed by atoms with van der Waals surface area (Å²) in [5.74, 6) is 0. The first-order chi connectivity index (χ1) is 12.3. The third kappa shape index (κ3) is 2.21. The summed E-state index contributed by atoms with van der Waals surface area (Å²) in [5.41, 5.74) is 1.46. The van der Waals surface area contributed by atoms with Gasteiger partial charge in [0.2, 0.25) is 0 Å². The lowest BCUT2D eigenvalue weighted by atomic mass is 9.93. The van der Waals surface area contributed by atoms with E-state index in [2.05, 4.69) is 85.8 Å². The van der Waals surface area contributed by atoms with Gasteiger partial charge < -0.3 is 0 Å². The highest BCUT2D eigenvalue weighted by Crippen LogP contribution is 2.34.